The summed E-state index contributed by atoms with van der Waals surface area (Å²) in [6.07, 6.45) is 4.33. The fourth-order valence-corrected chi connectivity index (χ4v) is 13.3. The molecule has 0 aromatic rings. The van der Waals surface area contributed by atoms with Crippen LogP contribution in [0.4, 0.5) is 0 Å². The van der Waals surface area contributed by atoms with Gasteiger partial charge < -0.3 is 0 Å². The average Bonchev–Trinajstić information content (AvgIpc) is 2.45. The van der Waals surface area contributed by atoms with Gasteiger partial charge in [-0.1, -0.05) is 0 Å². The Morgan fingerprint density at radius 1 is 0.583 bits per heavy atom. The van der Waals surface area contributed by atoms with Crippen molar-refractivity contribution < 1.29 is 0 Å². The number of hydrogen-bond acceptors (Lipinski definition) is 2. The van der Waals surface area contributed by atoms with Crippen molar-refractivity contribution >= 4 is 21.4 Å². The maximum atomic E-state index is 2.67. The molecule has 3 heteroatoms. The van der Waals surface area contributed by atoms with Crippen LogP contribution in [-0.2, 0) is 0 Å². The van der Waals surface area contributed by atoms with E-state index in [1.165, 1.54) is 32.4 Å². The summed E-state index contributed by atoms with van der Waals surface area (Å²) in [6.45, 7) is 23.8. The second-order valence-corrected chi connectivity index (χ2v) is 18.7. The van der Waals surface area contributed by atoms with E-state index >= 15 is 0 Å². The van der Waals surface area contributed by atoms with Gasteiger partial charge in [-0.2, -0.15) is 0 Å². The Morgan fingerprint density at radius 2 is 0.917 bits per heavy atom. The van der Waals surface area contributed by atoms with Crippen LogP contribution in [-0.4, -0.2) is 68.5 Å². The fourth-order valence-electron chi connectivity index (χ4n) is 4.19. The van der Waals surface area contributed by atoms with Gasteiger partial charge in [0.1, 0.15) is 0 Å². The van der Waals surface area contributed by atoms with E-state index in [2.05, 4.69) is 72.1 Å². The molecule has 0 aromatic carbocycles. The van der Waals surface area contributed by atoms with Gasteiger partial charge in [0.2, 0.25) is 0 Å². The van der Waals surface area contributed by atoms with Crippen LogP contribution in [0.25, 0.3) is 0 Å². The normalized spacial score (nSPS) is 12.6. The summed E-state index contributed by atoms with van der Waals surface area (Å²) >= 11 is -1.28. The minimum atomic E-state index is -1.28. The Morgan fingerprint density at radius 3 is 1.17 bits per heavy atom. The van der Waals surface area contributed by atoms with Crippen LogP contribution in [0.2, 0.25) is 12.5 Å². The number of nitrogens with zero attached hydrogens (tertiary/aromatic N) is 2. The summed E-state index contributed by atoms with van der Waals surface area (Å²) in [4.78, 5) is 5.35. The van der Waals surface area contributed by atoms with Gasteiger partial charge in [-0.05, 0) is 0 Å². The summed E-state index contributed by atoms with van der Waals surface area (Å²) in [7, 11) is 0. The second-order valence-electron chi connectivity index (χ2n) is 8.79. The SMILES string of the molecule is CC[CH2][In]([CH2]CCN(C(C)C)C(C)C)[CH2]CCN(C(C)C)C(C)C. The first kappa shape index (κ1) is 24.8. The van der Waals surface area contributed by atoms with Crippen LogP contribution in [0.3, 0.4) is 0 Å². The predicted molar refractivity (Wildman–Crippen MR) is 114 cm³/mol. The molecule has 0 heterocycles. The minimum absolute atomic E-state index is 0.690. The van der Waals surface area contributed by atoms with Crippen molar-refractivity contribution in [2.45, 2.75) is 118 Å². The Hall–Kier alpha value is 0.790. The molecule has 2 nitrogen and oxygen atoms in total. The summed E-state index contributed by atoms with van der Waals surface area (Å²) in [5, 5.41) is 0. The predicted octanol–water partition coefficient (Wildman–Crippen LogP) is 5.91. The topological polar surface area (TPSA) is 6.48 Å². The quantitative estimate of drug-likeness (QED) is 0.330. The first-order chi connectivity index (χ1) is 11.2. The van der Waals surface area contributed by atoms with E-state index in [0.29, 0.717) is 24.2 Å². The molecule has 0 unspecified atom stereocenters. The molecule has 0 rings (SSSR count). The molecular formula is C21H47InN2. The standard InChI is InChI=1S/2C9H20N.C3H7.In/c2*1-6-7-10(8(2)3)9(4)5;1-3-2;/h2*8-9H,1,6-7H2,2-5H3;1,3H2,2H3;. The van der Waals surface area contributed by atoms with Crippen molar-refractivity contribution in [2.24, 2.45) is 0 Å². The van der Waals surface area contributed by atoms with Crippen molar-refractivity contribution in [2.75, 3.05) is 13.1 Å². The van der Waals surface area contributed by atoms with E-state index in [-0.39, 0.29) is 0 Å². The van der Waals surface area contributed by atoms with Gasteiger partial charge in [-0.15, -0.1) is 0 Å². The summed E-state index contributed by atoms with van der Waals surface area (Å²) in [6, 6.07) is 2.76. The van der Waals surface area contributed by atoms with Crippen LogP contribution in [0.1, 0.15) is 81.6 Å². The Balaban J connectivity index is 4.26. The molecule has 0 aliphatic heterocycles. The van der Waals surface area contributed by atoms with Crippen LogP contribution >= 0.6 is 0 Å². The van der Waals surface area contributed by atoms with Gasteiger partial charge in [-0.25, -0.2) is 0 Å². The van der Waals surface area contributed by atoms with E-state index < -0.39 is 21.4 Å². The molecule has 0 saturated heterocycles. The summed E-state index contributed by atoms with van der Waals surface area (Å²) < 4.78 is 4.86. The molecule has 0 fully saturated rings. The molecule has 24 heavy (non-hydrogen) atoms. The molecule has 0 aromatic heterocycles. The number of rotatable bonds is 14. The maximum absolute atomic E-state index is 2.67. The first-order valence-corrected chi connectivity index (χ1v) is 17.7. The van der Waals surface area contributed by atoms with Gasteiger partial charge in [0.05, 0.1) is 0 Å². The fraction of sp³-hybridized carbons (Fsp3) is 1.00. The molecule has 0 aliphatic rings. The molecule has 0 atom stereocenters. The van der Waals surface area contributed by atoms with Gasteiger partial charge in [-0.3, -0.25) is 0 Å². The van der Waals surface area contributed by atoms with Gasteiger partial charge in [0, 0.05) is 0 Å². The molecule has 0 N–H and O–H groups in total. The van der Waals surface area contributed by atoms with E-state index in [1.54, 1.807) is 12.5 Å². The zero-order valence-electron chi connectivity index (χ0n) is 18.4. The summed E-state index contributed by atoms with van der Waals surface area (Å²) in [5.74, 6) is 0. The van der Waals surface area contributed by atoms with Crippen LogP contribution in [0.15, 0.2) is 0 Å². The Kier molecular flexibility index (Phi) is 14.4. The third-order valence-corrected chi connectivity index (χ3v) is 16.4. The van der Waals surface area contributed by atoms with E-state index in [0.717, 1.165) is 0 Å². The first-order valence-electron chi connectivity index (χ1n) is 10.7. The van der Waals surface area contributed by atoms with Crippen LogP contribution in [0.5, 0.6) is 0 Å². The zero-order valence-corrected chi connectivity index (χ0v) is 21.7. The van der Waals surface area contributed by atoms with Crippen molar-refractivity contribution in [3.05, 3.63) is 0 Å². The van der Waals surface area contributed by atoms with E-state index in [1.807, 2.05) is 0 Å². The number of hydrogen-bond donors (Lipinski definition) is 0. The van der Waals surface area contributed by atoms with Crippen molar-refractivity contribution in [3.8, 4) is 0 Å². The molecule has 0 aliphatic carbocycles. The second kappa shape index (κ2) is 13.9. The van der Waals surface area contributed by atoms with Crippen molar-refractivity contribution in [3.63, 3.8) is 0 Å². The molecule has 0 radical (unpaired) electrons. The van der Waals surface area contributed by atoms with E-state index in [9.17, 15) is 0 Å². The van der Waals surface area contributed by atoms with Crippen molar-refractivity contribution in [1.82, 2.24) is 9.80 Å². The molecule has 0 bridgehead atoms. The van der Waals surface area contributed by atoms with Gasteiger partial charge >= 0.3 is 163 Å². The van der Waals surface area contributed by atoms with Crippen LogP contribution < -0.4 is 0 Å². The molecular weight excluding hydrogens is 395 g/mol. The Bertz CT molecular complexity index is 248. The summed E-state index contributed by atoms with van der Waals surface area (Å²) in [5.41, 5.74) is 0. The average molecular weight is 442 g/mol. The molecule has 0 amide bonds. The third kappa shape index (κ3) is 10.7. The Labute approximate surface area is 162 Å². The monoisotopic (exact) mass is 442 g/mol. The van der Waals surface area contributed by atoms with Gasteiger partial charge in [0.25, 0.3) is 0 Å². The molecule has 0 spiro atoms. The van der Waals surface area contributed by atoms with Gasteiger partial charge in [0.15, 0.2) is 0 Å². The van der Waals surface area contributed by atoms with Crippen LogP contribution in [0, 0.1) is 0 Å². The van der Waals surface area contributed by atoms with Crippen molar-refractivity contribution in [1.29, 1.82) is 0 Å². The molecule has 144 valence electrons. The zero-order chi connectivity index (χ0) is 18.7. The van der Waals surface area contributed by atoms with E-state index in [4.69, 9.17) is 0 Å². The molecule has 0 saturated carbocycles. The third-order valence-electron chi connectivity index (χ3n) is 5.41.